The van der Waals surface area contributed by atoms with Crippen LogP contribution in [0.4, 0.5) is 0 Å². The molecule has 1 unspecified atom stereocenters. The lowest BCUT2D eigenvalue weighted by atomic mass is 10.1. The van der Waals surface area contributed by atoms with Crippen molar-refractivity contribution in [3.63, 3.8) is 0 Å². The van der Waals surface area contributed by atoms with Gasteiger partial charge in [-0.05, 0) is 83.5 Å². The second kappa shape index (κ2) is 55.0. The Morgan fingerprint density at radius 2 is 0.545 bits per heavy atom. The van der Waals surface area contributed by atoms with Crippen LogP contribution in [-0.4, -0.2) is 37.2 Å². The van der Waals surface area contributed by atoms with E-state index in [0.29, 0.717) is 19.3 Å². The maximum atomic E-state index is 12.8. The summed E-state index contributed by atoms with van der Waals surface area (Å²) >= 11 is 0. The van der Waals surface area contributed by atoms with Gasteiger partial charge >= 0.3 is 17.9 Å². The average molecular weight is 926 g/mol. The number of hydrogen-bond donors (Lipinski definition) is 0. The summed E-state index contributed by atoms with van der Waals surface area (Å²) in [6, 6.07) is 0. The quantitative estimate of drug-likeness (QED) is 0.0262. The van der Waals surface area contributed by atoms with Crippen molar-refractivity contribution in [3.05, 3.63) is 48.6 Å². The van der Waals surface area contributed by atoms with Gasteiger partial charge in [-0.3, -0.25) is 14.4 Å². The molecule has 0 saturated heterocycles. The highest BCUT2D eigenvalue weighted by Crippen LogP contribution is 2.15. The van der Waals surface area contributed by atoms with Crippen molar-refractivity contribution in [3.8, 4) is 0 Å². The third-order valence-corrected chi connectivity index (χ3v) is 12.6. The molecule has 0 N–H and O–H groups in total. The molecule has 0 aliphatic rings. The largest absolute Gasteiger partial charge is 0.462 e. The van der Waals surface area contributed by atoms with E-state index in [2.05, 4.69) is 69.4 Å². The summed E-state index contributed by atoms with van der Waals surface area (Å²) < 4.78 is 16.8. The molecule has 0 bridgehead atoms. The molecule has 0 aromatic carbocycles. The summed E-state index contributed by atoms with van der Waals surface area (Å²) in [6.07, 6.45) is 66.7. The Hall–Kier alpha value is -2.63. The summed E-state index contributed by atoms with van der Waals surface area (Å²) in [4.78, 5) is 38.0. The van der Waals surface area contributed by atoms with Crippen LogP contribution in [0, 0.1) is 0 Å². The van der Waals surface area contributed by atoms with Gasteiger partial charge in [-0.15, -0.1) is 0 Å². The molecular formula is C60H108O6. The SMILES string of the molecule is CCCCCCC/C=C\C/C=C\C/C=C\CCCCCCCCCCC(=O)OCC(COC(=O)CCCCCCCCCCCCC)OC(=O)CCCCCCC/C=C\CCCCCCC. The van der Waals surface area contributed by atoms with Crippen LogP contribution < -0.4 is 0 Å². The van der Waals surface area contributed by atoms with Gasteiger partial charge in [-0.25, -0.2) is 0 Å². The highest BCUT2D eigenvalue weighted by molar-refractivity contribution is 5.71. The molecule has 66 heavy (non-hydrogen) atoms. The molecule has 0 spiro atoms. The van der Waals surface area contributed by atoms with Crippen LogP contribution in [0.1, 0.15) is 297 Å². The van der Waals surface area contributed by atoms with Crippen molar-refractivity contribution in [2.24, 2.45) is 0 Å². The third kappa shape index (κ3) is 52.3. The second-order valence-corrected chi connectivity index (χ2v) is 19.2. The Morgan fingerprint density at radius 1 is 0.303 bits per heavy atom. The van der Waals surface area contributed by atoms with Gasteiger partial charge < -0.3 is 14.2 Å². The summed E-state index contributed by atoms with van der Waals surface area (Å²) in [5, 5.41) is 0. The fourth-order valence-corrected chi connectivity index (χ4v) is 8.21. The maximum absolute atomic E-state index is 12.8. The van der Waals surface area contributed by atoms with E-state index < -0.39 is 6.10 Å². The lowest BCUT2D eigenvalue weighted by Crippen LogP contribution is -2.30. The number of allylic oxidation sites excluding steroid dienone is 8. The fourth-order valence-electron chi connectivity index (χ4n) is 8.21. The first-order valence-corrected chi connectivity index (χ1v) is 28.6. The summed E-state index contributed by atoms with van der Waals surface area (Å²) in [6.45, 7) is 6.62. The number of rotatable bonds is 52. The Morgan fingerprint density at radius 3 is 0.864 bits per heavy atom. The molecule has 0 radical (unpaired) electrons. The van der Waals surface area contributed by atoms with Crippen molar-refractivity contribution < 1.29 is 28.6 Å². The Labute approximate surface area is 409 Å². The molecule has 384 valence electrons. The van der Waals surface area contributed by atoms with E-state index >= 15 is 0 Å². The third-order valence-electron chi connectivity index (χ3n) is 12.6. The summed E-state index contributed by atoms with van der Waals surface area (Å²) in [5.74, 6) is -0.882. The van der Waals surface area contributed by atoms with Crippen molar-refractivity contribution in [1.29, 1.82) is 0 Å². The van der Waals surface area contributed by atoms with Crippen LogP contribution in [0.5, 0.6) is 0 Å². The minimum atomic E-state index is -0.777. The van der Waals surface area contributed by atoms with Gasteiger partial charge in [0, 0.05) is 19.3 Å². The molecule has 0 heterocycles. The first-order valence-electron chi connectivity index (χ1n) is 28.6. The molecule has 1 atom stereocenters. The molecule has 0 aliphatic heterocycles. The van der Waals surface area contributed by atoms with Crippen LogP contribution in [0.15, 0.2) is 48.6 Å². The normalized spacial score (nSPS) is 12.3. The zero-order chi connectivity index (χ0) is 47.9. The van der Waals surface area contributed by atoms with E-state index in [1.807, 2.05) is 0 Å². The Kier molecular flexibility index (Phi) is 52.8. The van der Waals surface area contributed by atoms with Crippen LogP contribution in [0.3, 0.4) is 0 Å². The van der Waals surface area contributed by atoms with E-state index in [4.69, 9.17) is 14.2 Å². The zero-order valence-corrected chi connectivity index (χ0v) is 44.0. The fraction of sp³-hybridized carbons (Fsp3) is 0.817. The summed E-state index contributed by atoms with van der Waals surface area (Å²) in [5.41, 5.74) is 0. The molecule has 0 rings (SSSR count). The van der Waals surface area contributed by atoms with Gasteiger partial charge in [-0.1, -0.05) is 243 Å². The highest BCUT2D eigenvalue weighted by Gasteiger charge is 2.19. The first kappa shape index (κ1) is 63.4. The predicted molar refractivity (Wildman–Crippen MR) is 284 cm³/mol. The predicted octanol–water partition coefficient (Wildman–Crippen LogP) is 19.0. The Bertz CT molecular complexity index is 1150. The van der Waals surface area contributed by atoms with Gasteiger partial charge in [0.2, 0.25) is 0 Å². The van der Waals surface area contributed by atoms with Gasteiger partial charge in [0.25, 0.3) is 0 Å². The first-order chi connectivity index (χ1) is 32.5. The molecule has 0 saturated carbocycles. The van der Waals surface area contributed by atoms with E-state index in [0.717, 1.165) is 83.5 Å². The van der Waals surface area contributed by atoms with Crippen LogP contribution in [0.2, 0.25) is 0 Å². The van der Waals surface area contributed by atoms with E-state index in [-0.39, 0.29) is 31.1 Å². The Balaban J connectivity index is 4.29. The summed E-state index contributed by atoms with van der Waals surface area (Å²) in [7, 11) is 0. The number of hydrogen-bond acceptors (Lipinski definition) is 6. The van der Waals surface area contributed by atoms with Gasteiger partial charge in [0.1, 0.15) is 13.2 Å². The second-order valence-electron chi connectivity index (χ2n) is 19.2. The van der Waals surface area contributed by atoms with E-state index in [1.54, 1.807) is 0 Å². The number of ether oxygens (including phenoxy) is 3. The molecule has 0 fully saturated rings. The van der Waals surface area contributed by atoms with Crippen LogP contribution in [-0.2, 0) is 28.6 Å². The number of esters is 3. The van der Waals surface area contributed by atoms with Crippen LogP contribution in [0.25, 0.3) is 0 Å². The zero-order valence-electron chi connectivity index (χ0n) is 44.0. The standard InChI is InChI=1S/C60H108O6/c1-4-7-10-13-16-19-22-24-26-27-28-29-30-31-32-33-34-36-38-41-44-47-50-53-59(62)65-56-57(55-64-58(61)52-49-46-43-40-37-21-18-15-12-9-6-3)66-60(63)54-51-48-45-42-39-35-25-23-20-17-14-11-8-5-2/h22-25,27-28,30-31,57H,4-21,26,29,32-56H2,1-3H3/b24-22-,25-23-,28-27-,31-30-. The van der Waals surface area contributed by atoms with Crippen LogP contribution >= 0.6 is 0 Å². The number of carbonyl (C=O) groups excluding carboxylic acids is 3. The molecule has 6 nitrogen and oxygen atoms in total. The minimum absolute atomic E-state index is 0.0762. The lowest BCUT2D eigenvalue weighted by Gasteiger charge is -2.18. The average Bonchev–Trinajstić information content (AvgIpc) is 3.31. The van der Waals surface area contributed by atoms with Gasteiger partial charge in [0.15, 0.2) is 6.10 Å². The molecular weight excluding hydrogens is 817 g/mol. The topological polar surface area (TPSA) is 78.9 Å². The monoisotopic (exact) mass is 925 g/mol. The smallest absolute Gasteiger partial charge is 0.306 e. The maximum Gasteiger partial charge on any atom is 0.306 e. The highest BCUT2D eigenvalue weighted by atomic mass is 16.6. The van der Waals surface area contributed by atoms with Crippen molar-refractivity contribution >= 4 is 17.9 Å². The lowest BCUT2D eigenvalue weighted by molar-refractivity contribution is -0.167. The van der Waals surface area contributed by atoms with Crippen molar-refractivity contribution in [2.45, 2.75) is 303 Å². The van der Waals surface area contributed by atoms with E-state index in [9.17, 15) is 14.4 Å². The van der Waals surface area contributed by atoms with Crippen molar-refractivity contribution in [1.82, 2.24) is 0 Å². The molecule has 0 amide bonds. The minimum Gasteiger partial charge on any atom is -0.462 e. The number of unbranched alkanes of at least 4 members (excludes halogenated alkanes) is 33. The molecule has 6 heteroatoms. The van der Waals surface area contributed by atoms with Crippen molar-refractivity contribution in [2.75, 3.05) is 13.2 Å². The van der Waals surface area contributed by atoms with E-state index in [1.165, 1.54) is 173 Å². The molecule has 0 aromatic heterocycles. The van der Waals surface area contributed by atoms with Gasteiger partial charge in [0.05, 0.1) is 0 Å². The number of carbonyl (C=O) groups is 3. The van der Waals surface area contributed by atoms with Gasteiger partial charge in [-0.2, -0.15) is 0 Å². The molecule has 0 aromatic rings. The molecule has 0 aliphatic carbocycles.